The van der Waals surface area contributed by atoms with Crippen LogP contribution in [0.25, 0.3) is 0 Å². The van der Waals surface area contributed by atoms with Crippen LogP contribution in [0.15, 0.2) is 60.8 Å². The SMILES string of the molecule is COc1ccccc1C(c1ccc(NC(=O)C2(c3ccc4c(c3)OCO4)CC2)nc1)N1CCN(CCO)CC1.[HH]. The second kappa shape index (κ2) is 10.8. The molecule has 1 aromatic heterocycles. The number of carbonyl (C=O) groups is 1. The zero-order valence-electron chi connectivity index (χ0n) is 22.1. The summed E-state index contributed by atoms with van der Waals surface area (Å²) in [5, 5.41) is 12.4. The Kier molecular flexibility index (Phi) is 7.12. The first-order valence-electron chi connectivity index (χ1n) is 13.5. The van der Waals surface area contributed by atoms with E-state index in [0.717, 1.165) is 61.5 Å². The number of aliphatic hydroxyl groups is 1. The minimum Gasteiger partial charge on any atom is -0.496 e. The molecule has 2 aromatic carbocycles. The molecule has 3 aromatic rings. The number of nitrogens with one attached hydrogen (secondary N) is 1. The maximum atomic E-state index is 13.4. The van der Waals surface area contributed by atoms with E-state index in [-0.39, 0.29) is 26.8 Å². The molecule has 3 heterocycles. The summed E-state index contributed by atoms with van der Waals surface area (Å²) < 4.78 is 16.7. The van der Waals surface area contributed by atoms with Gasteiger partial charge in [-0.2, -0.15) is 0 Å². The number of anilines is 1. The van der Waals surface area contributed by atoms with Crippen LogP contribution < -0.4 is 19.5 Å². The summed E-state index contributed by atoms with van der Waals surface area (Å²) in [6.45, 7) is 4.56. The van der Waals surface area contributed by atoms with Gasteiger partial charge in [0, 0.05) is 45.9 Å². The van der Waals surface area contributed by atoms with Crippen molar-refractivity contribution in [2.75, 3.05) is 58.6 Å². The van der Waals surface area contributed by atoms with E-state index in [2.05, 4.69) is 26.2 Å². The second-order valence-electron chi connectivity index (χ2n) is 10.3. The van der Waals surface area contributed by atoms with Gasteiger partial charge in [0.2, 0.25) is 12.7 Å². The third-order valence-corrected chi connectivity index (χ3v) is 8.08. The standard InChI is InChI=1S/C30H34N4O5.H2/c1-37-24-5-3-2-4-23(24)28(34-14-12-33(13-15-34)16-17-35)21-6-9-27(31-19-21)32-29(36)30(10-11-30)22-7-8-25-26(18-22)39-20-38-25;/h2-9,18-19,28,35H,10-17,20H2,1H3,(H,31,32,36);1H. The summed E-state index contributed by atoms with van der Waals surface area (Å²) in [7, 11) is 1.69. The van der Waals surface area contributed by atoms with E-state index >= 15 is 0 Å². The fourth-order valence-corrected chi connectivity index (χ4v) is 5.71. The molecule has 39 heavy (non-hydrogen) atoms. The van der Waals surface area contributed by atoms with Crippen molar-refractivity contribution in [2.45, 2.75) is 24.3 Å². The Morgan fingerprint density at radius 2 is 1.90 bits per heavy atom. The molecule has 3 aliphatic rings. The van der Waals surface area contributed by atoms with Crippen LogP contribution in [0.1, 0.15) is 37.0 Å². The number of methoxy groups -OCH3 is 1. The quantitative estimate of drug-likeness (QED) is 0.433. The predicted octanol–water partition coefficient (Wildman–Crippen LogP) is 3.43. The van der Waals surface area contributed by atoms with Crippen molar-refractivity contribution in [3.8, 4) is 17.2 Å². The van der Waals surface area contributed by atoms with Crippen molar-refractivity contribution in [2.24, 2.45) is 0 Å². The zero-order valence-corrected chi connectivity index (χ0v) is 22.1. The summed E-state index contributed by atoms with van der Waals surface area (Å²) in [4.78, 5) is 22.8. The van der Waals surface area contributed by atoms with Gasteiger partial charge in [0.05, 0.1) is 25.2 Å². The topological polar surface area (TPSA) is 96.4 Å². The molecule has 1 unspecified atom stereocenters. The van der Waals surface area contributed by atoms with E-state index in [0.29, 0.717) is 23.9 Å². The van der Waals surface area contributed by atoms with E-state index < -0.39 is 5.41 Å². The first kappa shape index (κ1) is 25.6. The molecule has 1 saturated carbocycles. The fourth-order valence-electron chi connectivity index (χ4n) is 5.71. The van der Waals surface area contributed by atoms with Gasteiger partial charge in [-0.1, -0.05) is 30.3 Å². The molecule has 0 radical (unpaired) electrons. The monoisotopic (exact) mass is 532 g/mol. The summed E-state index contributed by atoms with van der Waals surface area (Å²) in [6.07, 6.45) is 3.43. The van der Waals surface area contributed by atoms with Gasteiger partial charge in [0.1, 0.15) is 11.6 Å². The third-order valence-electron chi connectivity index (χ3n) is 8.08. The number of hydrogen-bond acceptors (Lipinski definition) is 8. The van der Waals surface area contributed by atoms with E-state index in [1.807, 2.05) is 54.7 Å². The number of carbonyl (C=O) groups excluding carboxylic acids is 1. The molecule has 2 N–H and O–H groups in total. The first-order chi connectivity index (χ1) is 19.1. The summed E-state index contributed by atoms with van der Waals surface area (Å²) in [6, 6.07) is 17.7. The lowest BCUT2D eigenvalue weighted by molar-refractivity contribution is -0.118. The summed E-state index contributed by atoms with van der Waals surface area (Å²) in [5.41, 5.74) is 2.49. The molecule has 0 bridgehead atoms. The van der Waals surface area contributed by atoms with Gasteiger partial charge >= 0.3 is 0 Å². The van der Waals surface area contributed by atoms with Crippen LogP contribution >= 0.6 is 0 Å². The van der Waals surface area contributed by atoms with Crippen molar-refractivity contribution in [3.63, 3.8) is 0 Å². The lowest BCUT2D eigenvalue weighted by Gasteiger charge is -2.39. The Bertz CT molecular complexity index is 1330. The van der Waals surface area contributed by atoms with Crippen molar-refractivity contribution < 1.29 is 25.5 Å². The van der Waals surface area contributed by atoms with Crippen molar-refractivity contribution >= 4 is 11.7 Å². The second-order valence-corrected chi connectivity index (χ2v) is 10.3. The van der Waals surface area contributed by atoms with Gasteiger partial charge in [-0.25, -0.2) is 4.98 Å². The number of β-amino-alcohol motifs (C(OH)–C–C–N with tert-alkyl or cyclic N) is 1. The molecule has 1 saturated heterocycles. The number of aliphatic hydroxyl groups excluding tert-OH is 1. The van der Waals surface area contributed by atoms with Crippen LogP contribution in [0.3, 0.4) is 0 Å². The van der Waals surface area contributed by atoms with Crippen LogP contribution in [0.5, 0.6) is 17.2 Å². The van der Waals surface area contributed by atoms with Gasteiger partial charge in [-0.15, -0.1) is 0 Å². The highest BCUT2D eigenvalue weighted by molar-refractivity contribution is 6.01. The number of rotatable bonds is 9. The molecule has 2 fully saturated rings. The highest BCUT2D eigenvalue weighted by Gasteiger charge is 2.51. The molecular formula is C30H36N4O5. The van der Waals surface area contributed by atoms with E-state index in [1.165, 1.54) is 0 Å². The number of pyridine rings is 1. The van der Waals surface area contributed by atoms with Gasteiger partial charge in [0.25, 0.3) is 0 Å². The zero-order chi connectivity index (χ0) is 26.8. The van der Waals surface area contributed by atoms with Crippen LogP contribution in [0.2, 0.25) is 0 Å². The molecule has 2 aliphatic heterocycles. The Morgan fingerprint density at radius 1 is 1.10 bits per heavy atom. The maximum Gasteiger partial charge on any atom is 0.236 e. The van der Waals surface area contributed by atoms with Crippen molar-refractivity contribution in [1.82, 2.24) is 14.8 Å². The highest BCUT2D eigenvalue weighted by Crippen LogP contribution is 2.51. The minimum absolute atomic E-state index is 0. The Hall–Kier alpha value is -3.66. The third kappa shape index (κ3) is 5.05. The molecule has 9 nitrogen and oxygen atoms in total. The van der Waals surface area contributed by atoms with Gasteiger partial charge < -0.3 is 24.6 Å². The fraction of sp³-hybridized carbons (Fsp3) is 0.400. The number of hydrogen-bond donors (Lipinski definition) is 2. The summed E-state index contributed by atoms with van der Waals surface area (Å²) >= 11 is 0. The van der Waals surface area contributed by atoms with E-state index in [1.54, 1.807) is 7.11 Å². The Morgan fingerprint density at radius 3 is 2.62 bits per heavy atom. The van der Waals surface area contributed by atoms with Crippen molar-refractivity contribution in [3.05, 3.63) is 77.5 Å². The molecule has 1 atom stereocenters. The maximum absolute atomic E-state index is 13.4. The lowest BCUT2D eigenvalue weighted by atomic mass is 9.94. The normalized spacial score (nSPS) is 18.9. The number of benzene rings is 2. The van der Waals surface area contributed by atoms with Gasteiger partial charge in [-0.05, 0) is 48.2 Å². The van der Waals surface area contributed by atoms with E-state index in [4.69, 9.17) is 14.2 Å². The smallest absolute Gasteiger partial charge is 0.236 e. The molecular weight excluding hydrogens is 496 g/mol. The number of para-hydroxylation sites is 1. The molecule has 9 heteroatoms. The van der Waals surface area contributed by atoms with Crippen LogP contribution in [-0.2, 0) is 10.2 Å². The van der Waals surface area contributed by atoms with Crippen LogP contribution in [-0.4, -0.2) is 79.0 Å². The average molecular weight is 533 g/mol. The molecule has 1 aliphatic carbocycles. The molecule has 6 rings (SSSR count). The molecule has 1 amide bonds. The number of piperazine rings is 1. The predicted molar refractivity (Wildman–Crippen MR) is 148 cm³/mol. The number of nitrogens with zero attached hydrogens (tertiary/aromatic N) is 3. The minimum atomic E-state index is -0.560. The number of amides is 1. The number of aromatic nitrogens is 1. The molecule has 206 valence electrons. The van der Waals surface area contributed by atoms with Gasteiger partial charge in [0.15, 0.2) is 11.5 Å². The average Bonchev–Trinajstić information content (AvgIpc) is 3.66. The van der Waals surface area contributed by atoms with Crippen molar-refractivity contribution in [1.29, 1.82) is 0 Å². The van der Waals surface area contributed by atoms with Crippen LogP contribution in [0, 0.1) is 0 Å². The largest absolute Gasteiger partial charge is 0.496 e. The summed E-state index contributed by atoms with van der Waals surface area (Å²) in [5.74, 6) is 2.71. The number of ether oxygens (including phenoxy) is 3. The number of fused-ring (bicyclic) bond motifs is 1. The van der Waals surface area contributed by atoms with Crippen LogP contribution in [0.4, 0.5) is 5.82 Å². The highest BCUT2D eigenvalue weighted by atomic mass is 16.7. The molecule has 0 spiro atoms. The van der Waals surface area contributed by atoms with E-state index in [9.17, 15) is 9.90 Å². The lowest BCUT2D eigenvalue weighted by Crippen LogP contribution is -2.48. The van der Waals surface area contributed by atoms with Gasteiger partial charge in [-0.3, -0.25) is 14.6 Å². The first-order valence-corrected chi connectivity index (χ1v) is 13.5. The Labute approximate surface area is 229 Å². The Balaban J connectivity index is 0.00000323.